The second-order valence-electron chi connectivity index (χ2n) is 9.78. The zero-order valence-corrected chi connectivity index (χ0v) is 26.0. The van der Waals surface area contributed by atoms with Gasteiger partial charge in [-0.1, -0.05) is 26.5 Å². The second-order valence-corrected chi connectivity index (χ2v) is 9.78. The predicted octanol–water partition coefficient (Wildman–Crippen LogP) is 4.25. The van der Waals surface area contributed by atoms with Crippen LogP contribution in [0, 0.1) is 17.1 Å². The molecule has 2 fully saturated rings. The Morgan fingerprint density at radius 1 is 1.07 bits per heavy atom. The average molecular weight is 584 g/mol. The summed E-state index contributed by atoms with van der Waals surface area (Å²) >= 11 is 0. The Hall–Kier alpha value is -3.75. The highest BCUT2D eigenvalue weighted by atomic mass is 19.1. The number of halogens is 1. The lowest BCUT2D eigenvalue weighted by molar-refractivity contribution is -0.126. The molecular weight excluding hydrogens is 537 g/mol. The van der Waals surface area contributed by atoms with Gasteiger partial charge < -0.3 is 24.2 Å². The van der Waals surface area contributed by atoms with Gasteiger partial charge in [0.1, 0.15) is 17.4 Å². The van der Waals surface area contributed by atoms with Gasteiger partial charge in [0.25, 0.3) is 0 Å². The van der Waals surface area contributed by atoms with Crippen LogP contribution >= 0.6 is 0 Å². The fraction of sp³-hybridized carbons (Fsp3) is 0.548. The summed E-state index contributed by atoms with van der Waals surface area (Å²) in [5.74, 6) is 0.996. The molecule has 10 nitrogen and oxygen atoms in total. The van der Waals surface area contributed by atoms with E-state index in [-0.39, 0.29) is 11.7 Å². The van der Waals surface area contributed by atoms with E-state index in [9.17, 15) is 9.18 Å². The van der Waals surface area contributed by atoms with Crippen LogP contribution in [0.1, 0.15) is 50.4 Å². The third kappa shape index (κ3) is 9.39. The Labute approximate surface area is 250 Å². The molecule has 0 aliphatic carbocycles. The number of aromatic nitrogens is 2. The van der Waals surface area contributed by atoms with Crippen molar-refractivity contribution >= 4 is 11.7 Å². The van der Waals surface area contributed by atoms with Crippen LogP contribution in [-0.2, 0) is 24.4 Å². The minimum Gasteiger partial charge on any atom is -0.496 e. The van der Waals surface area contributed by atoms with E-state index in [1.807, 2.05) is 13.8 Å². The molecule has 1 amide bonds. The first-order chi connectivity index (χ1) is 20.3. The van der Waals surface area contributed by atoms with Crippen molar-refractivity contribution in [1.82, 2.24) is 24.7 Å². The molecule has 0 bridgehead atoms. The summed E-state index contributed by atoms with van der Waals surface area (Å²) in [6, 6.07) is 6.91. The first-order valence-electron chi connectivity index (χ1n) is 14.5. The number of benzene rings is 1. The molecule has 0 atom stereocenters. The summed E-state index contributed by atoms with van der Waals surface area (Å²) in [6.07, 6.45) is 4.17. The van der Waals surface area contributed by atoms with E-state index in [0.717, 1.165) is 17.1 Å². The zero-order valence-electron chi connectivity index (χ0n) is 26.0. The maximum absolute atomic E-state index is 14.4. The van der Waals surface area contributed by atoms with Crippen LogP contribution in [-0.4, -0.2) is 91.1 Å². The highest BCUT2D eigenvalue weighted by Gasteiger charge is 2.31. The Morgan fingerprint density at radius 2 is 1.71 bits per heavy atom. The van der Waals surface area contributed by atoms with Gasteiger partial charge in [-0.15, -0.1) is 0 Å². The lowest BCUT2D eigenvalue weighted by Crippen LogP contribution is -2.48. The number of anilines is 1. The number of hydrogen-bond acceptors (Lipinski definition) is 9. The molecule has 2 aromatic rings. The molecule has 1 aromatic heterocycles. The molecule has 230 valence electrons. The number of methoxy groups -OCH3 is 2. The van der Waals surface area contributed by atoms with Crippen LogP contribution in [0.25, 0.3) is 0 Å². The van der Waals surface area contributed by atoms with E-state index in [0.29, 0.717) is 63.1 Å². The van der Waals surface area contributed by atoms with Crippen LogP contribution in [0.15, 0.2) is 30.9 Å². The van der Waals surface area contributed by atoms with Gasteiger partial charge in [0, 0.05) is 63.9 Å². The van der Waals surface area contributed by atoms with Crippen molar-refractivity contribution in [3.8, 4) is 17.8 Å². The minimum atomic E-state index is -0.290. The van der Waals surface area contributed by atoms with Gasteiger partial charge in [0.2, 0.25) is 5.91 Å². The Balaban J connectivity index is 0.000000478. The fourth-order valence-corrected chi connectivity index (χ4v) is 4.99. The molecule has 2 saturated heterocycles. The standard InChI is InChI=1S/C22H26FN5O3.C5H11N.C2H3N.C2H6/c1-4-20(29)27-8-10-28(11-9-27)21-16-13-26(14-18(16)24-22(25-21)31-3)12-15-17(23)6-5-7-19(15)30-2;1-6-4-2-3-5-6;1-2-3;1-2/h4-7H,1,8-14H2,2-3H3;2-5H2,1H3;1H3;1-2H3. The predicted molar refractivity (Wildman–Crippen MR) is 163 cm³/mol. The average Bonchev–Trinajstić information content (AvgIpc) is 3.67. The maximum atomic E-state index is 14.4. The molecular formula is C31H46FN7O3. The third-order valence-corrected chi connectivity index (χ3v) is 7.06. The third-order valence-electron chi connectivity index (χ3n) is 7.06. The van der Waals surface area contributed by atoms with Crippen molar-refractivity contribution in [1.29, 1.82) is 5.26 Å². The molecule has 0 N–H and O–H groups in total. The number of piperazine rings is 1. The van der Waals surface area contributed by atoms with Crippen molar-refractivity contribution < 1.29 is 18.7 Å². The highest BCUT2D eigenvalue weighted by Crippen LogP contribution is 2.34. The summed E-state index contributed by atoms with van der Waals surface area (Å²) in [5.41, 5.74) is 2.41. The van der Waals surface area contributed by atoms with Gasteiger partial charge in [-0.05, 0) is 51.2 Å². The first kappa shape index (κ1) is 34.5. The molecule has 0 spiro atoms. The summed E-state index contributed by atoms with van der Waals surface area (Å²) < 4.78 is 25.1. The molecule has 1 aromatic carbocycles. The number of ether oxygens (including phenoxy) is 2. The van der Waals surface area contributed by atoms with E-state index in [1.54, 1.807) is 37.3 Å². The second kappa shape index (κ2) is 17.9. The largest absolute Gasteiger partial charge is 0.496 e. The first-order valence-corrected chi connectivity index (χ1v) is 14.5. The summed E-state index contributed by atoms with van der Waals surface area (Å²) in [5, 5.41) is 7.32. The van der Waals surface area contributed by atoms with Gasteiger partial charge in [-0.25, -0.2) is 4.39 Å². The van der Waals surface area contributed by atoms with Crippen molar-refractivity contribution in [2.75, 3.05) is 65.4 Å². The normalized spacial score (nSPS) is 16.0. The number of carbonyl (C=O) groups excluding carboxylic acids is 1. The quantitative estimate of drug-likeness (QED) is 0.462. The lowest BCUT2D eigenvalue weighted by Gasteiger charge is -2.35. The number of nitriles is 1. The number of carbonyl (C=O) groups is 1. The summed E-state index contributed by atoms with van der Waals surface area (Å²) in [4.78, 5) is 29.4. The van der Waals surface area contributed by atoms with Gasteiger partial charge in [-0.2, -0.15) is 15.2 Å². The lowest BCUT2D eigenvalue weighted by atomic mass is 10.1. The van der Waals surface area contributed by atoms with Crippen molar-refractivity contribution in [3.63, 3.8) is 0 Å². The maximum Gasteiger partial charge on any atom is 0.318 e. The molecule has 0 unspecified atom stereocenters. The smallest absolute Gasteiger partial charge is 0.318 e. The van der Waals surface area contributed by atoms with Crippen LogP contribution in [0.3, 0.4) is 0 Å². The molecule has 0 radical (unpaired) electrons. The fourth-order valence-electron chi connectivity index (χ4n) is 4.99. The van der Waals surface area contributed by atoms with Crippen LogP contribution < -0.4 is 14.4 Å². The number of nitrogens with zero attached hydrogens (tertiary/aromatic N) is 7. The number of fused-ring (bicyclic) bond motifs is 1. The number of amides is 1. The van der Waals surface area contributed by atoms with E-state index >= 15 is 0 Å². The SMILES string of the molecule is C=CC(=O)N1CCN(c2nc(OC)nc3c2CN(Cc2c(F)cccc2OC)C3)CC1.CC.CC#N.CN1CCCC1. The number of rotatable bonds is 6. The summed E-state index contributed by atoms with van der Waals surface area (Å²) in [6.45, 7) is 15.7. The van der Waals surface area contributed by atoms with E-state index < -0.39 is 0 Å². The number of hydrogen-bond donors (Lipinski definition) is 0. The van der Waals surface area contributed by atoms with E-state index in [1.165, 1.54) is 45.0 Å². The molecule has 42 heavy (non-hydrogen) atoms. The molecule has 4 heterocycles. The number of likely N-dealkylation sites (tertiary alicyclic amines) is 1. The Morgan fingerprint density at radius 3 is 2.24 bits per heavy atom. The van der Waals surface area contributed by atoms with Crippen molar-refractivity contribution in [2.45, 2.75) is 53.2 Å². The van der Waals surface area contributed by atoms with Crippen molar-refractivity contribution in [2.24, 2.45) is 0 Å². The van der Waals surface area contributed by atoms with Crippen molar-refractivity contribution in [3.05, 3.63) is 53.5 Å². The Bertz CT molecular complexity index is 1190. The molecule has 11 heteroatoms. The van der Waals surface area contributed by atoms with E-state index in [4.69, 9.17) is 14.7 Å². The van der Waals surface area contributed by atoms with Crippen LogP contribution in [0.4, 0.5) is 10.2 Å². The van der Waals surface area contributed by atoms with Gasteiger partial charge >= 0.3 is 6.01 Å². The van der Waals surface area contributed by atoms with Crippen LogP contribution in [0.5, 0.6) is 11.8 Å². The van der Waals surface area contributed by atoms with Gasteiger partial charge in [-0.3, -0.25) is 9.69 Å². The topological polar surface area (TPSA) is 98.1 Å². The van der Waals surface area contributed by atoms with E-state index in [2.05, 4.69) is 38.3 Å². The minimum absolute atomic E-state index is 0.0600. The van der Waals surface area contributed by atoms with Gasteiger partial charge in [0.05, 0.1) is 26.0 Å². The highest BCUT2D eigenvalue weighted by molar-refractivity contribution is 5.87. The van der Waals surface area contributed by atoms with Crippen LogP contribution in [0.2, 0.25) is 0 Å². The Kier molecular flexibility index (Phi) is 14.7. The summed E-state index contributed by atoms with van der Waals surface area (Å²) in [7, 11) is 5.26. The monoisotopic (exact) mass is 583 g/mol. The molecule has 3 aliphatic heterocycles. The zero-order chi connectivity index (χ0) is 31.1. The molecule has 0 saturated carbocycles. The van der Waals surface area contributed by atoms with Gasteiger partial charge in [0.15, 0.2) is 0 Å². The molecule has 3 aliphatic rings. The molecule has 5 rings (SSSR count).